The largest absolute Gasteiger partial charge is 0 e. The summed E-state index contributed by atoms with van der Waals surface area (Å²) in [4.78, 5) is 0. The smallest absolute Gasteiger partial charge is 0 e. The summed E-state index contributed by atoms with van der Waals surface area (Å²) in [6.07, 6.45) is 0. The molecule has 0 aliphatic rings. The van der Waals surface area contributed by atoms with Gasteiger partial charge in [-0.15, -0.1) is 0 Å². The maximum absolute atomic E-state index is 0. The van der Waals surface area contributed by atoms with Crippen molar-refractivity contribution < 1.29 is 60.3 Å². The predicted molar refractivity (Wildman–Crippen MR) is 7.15 cm³/mol. The minimum absolute atomic E-state index is 0. The number of hydrogen-bond donors (Lipinski definition) is 0. The van der Waals surface area contributed by atoms with Gasteiger partial charge in [0.2, 0.25) is 0 Å². The first-order valence-electron chi connectivity index (χ1n) is 0. The van der Waals surface area contributed by atoms with Crippen molar-refractivity contribution in [1.29, 1.82) is 0 Å². The van der Waals surface area contributed by atoms with Gasteiger partial charge in [0.05, 0.1) is 0 Å². The molecule has 1 radical (unpaired) electrons. The molecule has 0 fully saturated rings. The summed E-state index contributed by atoms with van der Waals surface area (Å²) >= 11 is 0. The fourth-order valence-corrected chi connectivity index (χ4v) is 0. The minimum atomic E-state index is 0. The molecule has 0 unspecified atom stereocenters. The quantitative estimate of drug-likeness (QED) is 0.466. The molecule has 0 nitrogen and oxygen atoms in total. The van der Waals surface area contributed by atoms with E-state index in [2.05, 4.69) is 0 Å². The molecule has 0 aliphatic carbocycles. The van der Waals surface area contributed by atoms with Crippen LogP contribution in [-0.2, 0) is 60.3 Å². The van der Waals surface area contributed by atoms with Gasteiger partial charge in [-0.3, -0.25) is 0 Å². The van der Waals surface area contributed by atoms with Crippen LogP contribution in [-0.4, -0.2) is 18.9 Å². The van der Waals surface area contributed by atoms with E-state index < -0.39 is 0 Å². The Morgan fingerprint density at radius 3 is 1.00 bits per heavy atom. The number of hydrogen-bond acceptors (Lipinski definition) is 0. The van der Waals surface area contributed by atoms with E-state index in [9.17, 15) is 0 Å². The van der Waals surface area contributed by atoms with E-state index >= 15 is 0 Å². The third kappa shape index (κ3) is 8.82. The van der Waals surface area contributed by atoms with E-state index in [1.165, 1.54) is 0 Å². The van der Waals surface area contributed by atoms with Crippen molar-refractivity contribution in [2.24, 2.45) is 0 Å². The first-order chi connectivity index (χ1) is 0. The second-order valence-corrected chi connectivity index (χ2v) is 0. The predicted octanol–water partition coefficient (Wildman–Crippen LogP) is -0.656. The van der Waals surface area contributed by atoms with Crippen LogP contribution in [0.3, 0.4) is 0 Å². The van der Waals surface area contributed by atoms with Crippen LogP contribution in [0.15, 0.2) is 0 Å². The van der Waals surface area contributed by atoms with Crippen LogP contribution in [0.4, 0.5) is 0 Å². The molecule has 0 atom stereocenters. The average Bonchev–Trinajstić information content (AvgIpc) is 0. The van der Waals surface area contributed by atoms with E-state index in [1.807, 2.05) is 0 Å². The van der Waals surface area contributed by atoms with Crippen LogP contribution in [0.5, 0.6) is 0 Å². The minimum Gasteiger partial charge on any atom is 0 e. The Hall–Kier alpha value is 2.52. The summed E-state index contributed by atoms with van der Waals surface area (Å²) in [5.41, 5.74) is 0. The van der Waals surface area contributed by atoms with Gasteiger partial charge in [0.15, 0.2) is 0 Å². The SMILES string of the molecule is [Fe].[LiH].[Mn].[Zr]. The average molecular weight is 210 g/mol. The van der Waals surface area contributed by atoms with E-state index in [0.717, 1.165) is 0 Å². The molecule has 0 bridgehead atoms. The molecule has 4 heavy (non-hydrogen) atoms. The van der Waals surface area contributed by atoms with Crippen LogP contribution < -0.4 is 0 Å². The Kier molecular flexibility index (Phi) is 139. The monoisotopic (exact) mass is 209 g/mol. The number of rotatable bonds is 0. The van der Waals surface area contributed by atoms with Crippen molar-refractivity contribution >= 4 is 18.9 Å². The zero-order valence-electron chi connectivity index (χ0n) is 1.23. The standard InChI is InChI=1S/Fe.Li.Mn.Zr.H. The van der Waals surface area contributed by atoms with Gasteiger partial charge in [-0.1, -0.05) is 0 Å². The van der Waals surface area contributed by atoms with Crippen molar-refractivity contribution in [3.8, 4) is 0 Å². The van der Waals surface area contributed by atoms with Crippen LogP contribution in [0.1, 0.15) is 0 Å². The third-order valence-corrected chi connectivity index (χ3v) is 0. The summed E-state index contributed by atoms with van der Waals surface area (Å²) < 4.78 is 0. The van der Waals surface area contributed by atoms with Crippen molar-refractivity contribution in [3.63, 3.8) is 0 Å². The maximum atomic E-state index is 0. The van der Waals surface area contributed by atoms with Crippen molar-refractivity contribution in [1.82, 2.24) is 0 Å². The van der Waals surface area contributed by atoms with Gasteiger partial charge in [0.1, 0.15) is 0 Å². The first-order valence-corrected chi connectivity index (χ1v) is 0. The molecule has 0 aromatic heterocycles. The molecule has 21 valence electrons. The first kappa shape index (κ1) is 31.3. The maximum Gasteiger partial charge on any atom is 0 e. The molecule has 0 amide bonds. The third-order valence-electron chi connectivity index (χ3n) is 0. The van der Waals surface area contributed by atoms with E-state index in [0.29, 0.717) is 0 Å². The van der Waals surface area contributed by atoms with E-state index in [-0.39, 0.29) is 79.2 Å². The van der Waals surface area contributed by atoms with E-state index in [1.54, 1.807) is 0 Å². The van der Waals surface area contributed by atoms with Gasteiger partial charge in [0, 0.05) is 60.3 Å². The molecular formula is HFeLiMnZr. The second kappa shape index (κ2) is 17.8. The van der Waals surface area contributed by atoms with E-state index in [4.69, 9.17) is 0 Å². The molecule has 0 saturated carbocycles. The summed E-state index contributed by atoms with van der Waals surface area (Å²) in [5, 5.41) is 0. The summed E-state index contributed by atoms with van der Waals surface area (Å²) in [6, 6.07) is 0. The van der Waals surface area contributed by atoms with Crippen molar-refractivity contribution in [2.75, 3.05) is 0 Å². The molecule has 0 aromatic carbocycles. The molecule has 0 rings (SSSR count). The summed E-state index contributed by atoms with van der Waals surface area (Å²) in [7, 11) is 0. The normalized spacial score (nSPS) is 0. The van der Waals surface area contributed by atoms with Crippen molar-refractivity contribution in [3.05, 3.63) is 0 Å². The Balaban J connectivity index is 0. The van der Waals surface area contributed by atoms with Crippen LogP contribution in [0, 0.1) is 0 Å². The van der Waals surface area contributed by atoms with Crippen LogP contribution >= 0.6 is 0 Å². The topological polar surface area (TPSA) is 0 Å². The van der Waals surface area contributed by atoms with Crippen molar-refractivity contribution in [2.45, 2.75) is 0 Å². The Morgan fingerprint density at radius 1 is 1.00 bits per heavy atom. The van der Waals surface area contributed by atoms with Gasteiger partial charge in [-0.2, -0.15) is 0 Å². The summed E-state index contributed by atoms with van der Waals surface area (Å²) in [5.74, 6) is 0. The molecule has 0 aromatic rings. The van der Waals surface area contributed by atoms with Gasteiger partial charge in [-0.05, 0) is 0 Å². The fourth-order valence-electron chi connectivity index (χ4n) is 0. The van der Waals surface area contributed by atoms with Gasteiger partial charge in [0.25, 0.3) is 0 Å². The molecular weight excluding hydrogens is 209 g/mol. The fraction of sp³-hybridized carbons (Fsp3) is 0. The Labute approximate surface area is 78.1 Å². The molecule has 0 heterocycles. The molecule has 4 heteroatoms. The molecule has 0 saturated heterocycles. The second-order valence-electron chi connectivity index (χ2n) is 0. The molecule has 0 N–H and O–H groups in total. The van der Waals surface area contributed by atoms with Gasteiger partial charge in [-0.25, -0.2) is 0 Å². The van der Waals surface area contributed by atoms with Gasteiger partial charge >= 0.3 is 18.9 Å². The van der Waals surface area contributed by atoms with Crippen LogP contribution in [0.2, 0.25) is 0 Å². The molecule has 0 aliphatic heterocycles. The zero-order valence-corrected chi connectivity index (χ0v) is 5.97. The van der Waals surface area contributed by atoms with Gasteiger partial charge < -0.3 is 0 Å². The Bertz CT molecular complexity index is 8.00. The van der Waals surface area contributed by atoms with Crippen LogP contribution in [0.25, 0.3) is 0 Å². The Morgan fingerprint density at radius 2 is 1.00 bits per heavy atom. The molecule has 0 spiro atoms. The summed E-state index contributed by atoms with van der Waals surface area (Å²) in [6.45, 7) is 0. The zero-order chi connectivity index (χ0) is 0.